The molecule has 0 atom stereocenters. The van der Waals surface area contributed by atoms with Gasteiger partial charge in [-0.3, -0.25) is 0 Å². The third-order valence-electron chi connectivity index (χ3n) is 11.4. The van der Waals surface area contributed by atoms with Crippen LogP contribution < -0.4 is 14.2 Å². The molecule has 0 unspecified atom stereocenters. The zero-order chi connectivity index (χ0) is 63.7. The van der Waals surface area contributed by atoms with Gasteiger partial charge in [0.05, 0.1) is 37.5 Å². The van der Waals surface area contributed by atoms with E-state index in [0.717, 1.165) is 57.6 Å². The molecule has 2 heterocycles. The molecular weight excluding hydrogens is 1240 g/mol. The Balaban J connectivity index is 0.000000216. The first-order valence-electron chi connectivity index (χ1n) is 26.3. The lowest BCUT2D eigenvalue weighted by Crippen LogP contribution is -2.11. The van der Waals surface area contributed by atoms with Gasteiger partial charge in [-0.1, -0.05) is 137 Å². The molecular formula is C62H57BrF10N8O7. The monoisotopic (exact) mass is 1290 g/mol. The van der Waals surface area contributed by atoms with Crippen molar-refractivity contribution in [1.82, 2.24) is 40.8 Å². The molecule has 0 saturated heterocycles. The third-order valence-corrected chi connectivity index (χ3v) is 11.7. The first-order valence-corrected chi connectivity index (χ1v) is 27.4. The van der Waals surface area contributed by atoms with Crippen LogP contribution in [-0.4, -0.2) is 106 Å². The van der Waals surface area contributed by atoms with Gasteiger partial charge in [-0.2, -0.15) is 36.4 Å². The minimum Gasteiger partial charge on any atom is -0.505 e. The van der Waals surface area contributed by atoms with E-state index in [9.17, 15) is 43.9 Å². The number of benzene rings is 8. The predicted molar refractivity (Wildman–Crippen MR) is 310 cm³/mol. The van der Waals surface area contributed by atoms with Crippen molar-refractivity contribution in [3.8, 4) is 45.8 Å². The number of phenols is 1. The number of rotatable bonds is 17. The summed E-state index contributed by atoms with van der Waals surface area (Å²) in [6, 6.07) is 48.9. The number of aromatic nitrogens is 8. The average Bonchev–Trinajstić information content (AvgIpc) is 3.69. The fraction of sp³-hybridized carbons (Fsp3) is 0.194. The van der Waals surface area contributed by atoms with Gasteiger partial charge in [0.2, 0.25) is 11.6 Å². The van der Waals surface area contributed by atoms with Gasteiger partial charge in [0.1, 0.15) is 19.8 Å². The maximum atomic E-state index is 13.6. The molecule has 0 radical (unpaired) electrons. The van der Waals surface area contributed by atoms with Gasteiger partial charge < -0.3 is 34.6 Å². The number of nitrogens with one attached hydrogen (secondary N) is 1. The van der Waals surface area contributed by atoms with Crippen molar-refractivity contribution in [3.63, 3.8) is 0 Å². The molecule has 0 aliphatic rings. The number of aromatic amines is 1. The highest BCUT2D eigenvalue weighted by atomic mass is 79.9. The molecule has 0 fully saturated rings. The molecule has 10 rings (SSSR count). The predicted octanol–water partition coefficient (Wildman–Crippen LogP) is 12.9. The van der Waals surface area contributed by atoms with Crippen molar-refractivity contribution in [1.29, 1.82) is 0 Å². The van der Waals surface area contributed by atoms with Gasteiger partial charge in [-0.15, -0.1) is 20.4 Å². The molecule has 88 heavy (non-hydrogen) atoms. The number of halogens is 11. The number of phenolic OH excluding ortho intramolecular Hbond substituents is 1. The van der Waals surface area contributed by atoms with Gasteiger partial charge in [0.15, 0.2) is 46.3 Å². The first kappa shape index (κ1) is 69.5. The maximum absolute atomic E-state index is 13.6. The van der Waals surface area contributed by atoms with E-state index in [2.05, 4.69) is 52.0 Å². The second-order valence-corrected chi connectivity index (χ2v) is 18.4. The van der Waals surface area contributed by atoms with E-state index in [1.807, 2.05) is 48.5 Å². The fourth-order valence-corrected chi connectivity index (χ4v) is 7.26. The SMILES string of the molecule is FC(F)(F)c1ccc(Cc2ccccc2-c2nn[nH]n2)cc1.Fc1ccccc1OCCn1nnc(-c2ccccc2Cc2ccc(C(F)(F)F)cc2)n1.OCCBr.OCCOc1ccccc1F.OCCOc1ccccc1F.Oc1ccccc1F. The Kier molecular flexibility index (Phi) is 29.0. The minimum atomic E-state index is -4.37. The molecule has 10 aromatic rings. The summed E-state index contributed by atoms with van der Waals surface area (Å²) in [6.45, 7) is 0.705. The number of aromatic hydroxyl groups is 1. The normalized spacial score (nSPS) is 10.7. The lowest BCUT2D eigenvalue weighted by atomic mass is 9.98. The van der Waals surface area contributed by atoms with Crippen LogP contribution in [0.25, 0.3) is 22.8 Å². The van der Waals surface area contributed by atoms with E-state index in [-0.39, 0.29) is 69.2 Å². The van der Waals surface area contributed by atoms with Crippen molar-refractivity contribution in [2.24, 2.45) is 0 Å². The standard InChI is InChI=1S/C23H18F4N4O.C15H11F3N4.2C8H9FO2.C6H5FO.C2H5BrO/c24-20-7-3-4-8-21(20)32-14-13-31-29-22(28-30-31)19-6-2-1-5-17(19)15-16-9-11-18(12-10-16)23(25,26)27;16-15(17,18)12-7-5-10(6-8-12)9-11-3-1-2-4-13(11)14-19-21-22-20-14;2*9-7-3-1-2-4-8(7)11-6-5-10;7-5-3-1-2-4-6(5)8;3-1-2-4/h1-12H,13-15H2;1-8H,9H2,(H,19,20,21,22);2*1-4,10H,5-6H2;1-4,8H;4H,1-2H2. The molecule has 8 aromatic carbocycles. The number of hydrogen-bond acceptors (Lipinski definition) is 13. The highest BCUT2D eigenvalue weighted by Gasteiger charge is 2.31. The van der Waals surface area contributed by atoms with Crippen LogP contribution in [0.1, 0.15) is 33.4 Å². The highest BCUT2D eigenvalue weighted by molar-refractivity contribution is 9.09. The summed E-state index contributed by atoms with van der Waals surface area (Å²) < 4.78 is 142. The Morgan fingerprint density at radius 3 is 1.20 bits per heavy atom. The summed E-state index contributed by atoms with van der Waals surface area (Å²) in [5.41, 5.74) is 3.49. The zero-order valence-electron chi connectivity index (χ0n) is 46.3. The van der Waals surface area contributed by atoms with Crippen molar-refractivity contribution in [2.75, 3.05) is 45.0 Å². The molecule has 0 spiro atoms. The van der Waals surface area contributed by atoms with Crippen molar-refractivity contribution < 1.29 is 78.5 Å². The topological polar surface area (TPSA) is 207 Å². The number of aliphatic hydroxyl groups is 3. The van der Waals surface area contributed by atoms with Crippen LogP contribution in [0.15, 0.2) is 194 Å². The molecule has 0 amide bonds. The van der Waals surface area contributed by atoms with Gasteiger partial charge in [-0.05, 0) is 118 Å². The summed E-state index contributed by atoms with van der Waals surface area (Å²) in [7, 11) is 0. The van der Waals surface area contributed by atoms with E-state index < -0.39 is 46.7 Å². The molecule has 464 valence electrons. The average molecular weight is 1300 g/mol. The smallest absolute Gasteiger partial charge is 0.416 e. The zero-order valence-corrected chi connectivity index (χ0v) is 47.9. The second-order valence-electron chi connectivity index (χ2n) is 17.6. The van der Waals surface area contributed by atoms with Gasteiger partial charge in [-0.25, -0.2) is 17.6 Å². The van der Waals surface area contributed by atoms with Crippen LogP contribution in [-0.2, 0) is 31.7 Å². The lowest BCUT2D eigenvalue weighted by Gasteiger charge is -2.09. The largest absolute Gasteiger partial charge is 0.505 e. The van der Waals surface area contributed by atoms with Crippen LogP contribution in [0.5, 0.6) is 23.0 Å². The summed E-state index contributed by atoms with van der Waals surface area (Å²) in [5, 5.41) is 60.0. The number of para-hydroxylation sites is 4. The minimum absolute atomic E-state index is 0.103. The van der Waals surface area contributed by atoms with Crippen LogP contribution in [0.3, 0.4) is 0 Å². The number of nitrogens with zero attached hydrogens (tertiary/aromatic N) is 7. The Hall–Kier alpha value is -9.24. The molecule has 0 aliphatic carbocycles. The van der Waals surface area contributed by atoms with E-state index in [0.29, 0.717) is 29.8 Å². The molecule has 5 N–H and O–H groups in total. The van der Waals surface area contributed by atoms with Crippen LogP contribution >= 0.6 is 15.9 Å². The number of tetrazole rings is 2. The van der Waals surface area contributed by atoms with Crippen molar-refractivity contribution in [2.45, 2.75) is 31.7 Å². The second kappa shape index (κ2) is 36.7. The Bertz CT molecular complexity index is 3520. The first-order chi connectivity index (χ1) is 42.3. The number of alkyl halides is 7. The van der Waals surface area contributed by atoms with Crippen molar-refractivity contribution in [3.05, 3.63) is 251 Å². The summed E-state index contributed by atoms with van der Waals surface area (Å²) in [4.78, 5) is 1.35. The van der Waals surface area contributed by atoms with Crippen LogP contribution in [0, 0.1) is 23.3 Å². The number of aliphatic hydroxyl groups excluding tert-OH is 3. The quantitative estimate of drug-likeness (QED) is 0.0425. The van der Waals surface area contributed by atoms with E-state index in [1.54, 1.807) is 42.5 Å². The third kappa shape index (κ3) is 23.9. The van der Waals surface area contributed by atoms with E-state index >= 15 is 0 Å². The molecule has 0 saturated carbocycles. The number of H-pyrrole nitrogens is 1. The van der Waals surface area contributed by atoms with Crippen molar-refractivity contribution >= 4 is 15.9 Å². The molecule has 0 aliphatic heterocycles. The molecule has 26 heteroatoms. The fourth-order valence-electron chi connectivity index (χ4n) is 7.26. The Labute approximate surface area is 506 Å². The molecule has 15 nitrogen and oxygen atoms in total. The number of hydrogen-bond donors (Lipinski definition) is 5. The summed E-state index contributed by atoms with van der Waals surface area (Å²) in [5.74, 6) is -0.766. The summed E-state index contributed by atoms with van der Waals surface area (Å²) in [6.07, 6.45) is -7.78. The number of ether oxygens (including phenoxy) is 3. The van der Waals surface area contributed by atoms with Gasteiger partial charge in [0, 0.05) is 16.5 Å². The van der Waals surface area contributed by atoms with Crippen LogP contribution in [0.2, 0.25) is 0 Å². The molecule has 0 bridgehead atoms. The Morgan fingerprint density at radius 1 is 0.455 bits per heavy atom. The Morgan fingerprint density at radius 2 is 0.841 bits per heavy atom. The maximum Gasteiger partial charge on any atom is 0.416 e. The van der Waals surface area contributed by atoms with Gasteiger partial charge in [0.25, 0.3) is 0 Å². The highest BCUT2D eigenvalue weighted by Crippen LogP contribution is 2.32. The van der Waals surface area contributed by atoms with Gasteiger partial charge >= 0.3 is 12.4 Å². The summed E-state index contributed by atoms with van der Waals surface area (Å²) >= 11 is 3.00. The van der Waals surface area contributed by atoms with E-state index in [1.165, 1.54) is 83.7 Å². The van der Waals surface area contributed by atoms with Crippen LogP contribution in [0.4, 0.5) is 43.9 Å². The lowest BCUT2D eigenvalue weighted by molar-refractivity contribution is -0.138. The molecule has 2 aromatic heterocycles. The van der Waals surface area contributed by atoms with E-state index in [4.69, 9.17) is 34.6 Å².